The standard InChI is InChI=1S/C16H25N3O2/c1-12(2)19(11-13-6-9-17-10-7-13)15-14(16(20)21-3)5-4-8-18-15/h4-5,8,12-13,17H,6-7,9-11H2,1-3H3. The maximum absolute atomic E-state index is 12.0. The minimum absolute atomic E-state index is 0.290. The highest BCUT2D eigenvalue weighted by Gasteiger charge is 2.24. The van der Waals surface area contributed by atoms with Crippen LogP contribution in [0.3, 0.4) is 0 Å². The van der Waals surface area contributed by atoms with E-state index < -0.39 is 0 Å². The predicted molar refractivity (Wildman–Crippen MR) is 83.7 cm³/mol. The van der Waals surface area contributed by atoms with E-state index in [1.807, 2.05) is 0 Å². The highest BCUT2D eigenvalue weighted by Crippen LogP contribution is 2.24. The fraction of sp³-hybridized carbons (Fsp3) is 0.625. The van der Waals surface area contributed by atoms with E-state index in [1.54, 1.807) is 18.3 Å². The SMILES string of the molecule is COC(=O)c1cccnc1N(CC1CCNCC1)C(C)C. The molecule has 0 saturated carbocycles. The molecule has 1 aromatic rings. The van der Waals surface area contributed by atoms with Crippen LogP contribution >= 0.6 is 0 Å². The van der Waals surface area contributed by atoms with E-state index in [2.05, 4.69) is 29.0 Å². The maximum atomic E-state index is 12.0. The van der Waals surface area contributed by atoms with Gasteiger partial charge in [-0.3, -0.25) is 0 Å². The van der Waals surface area contributed by atoms with Gasteiger partial charge in [0.1, 0.15) is 11.4 Å². The molecule has 1 aliphatic rings. The highest BCUT2D eigenvalue weighted by atomic mass is 16.5. The molecule has 116 valence electrons. The van der Waals surface area contributed by atoms with Crippen molar-refractivity contribution in [1.82, 2.24) is 10.3 Å². The summed E-state index contributed by atoms with van der Waals surface area (Å²) in [7, 11) is 1.41. The first-order valence-corrected chi connectivity index (χ1v) is 7.64. The zero-order chi connectivity index (χ0) is 15.2. The number of carbonyl (C=O) groups is 1. The summed E-state index contributed by atoms with van der Waals surface area (Å²) in [5, 5.41) is 3.39. The van der Waals surface area contributed by atoms with Gasteiger partial charge in [-0.25, -0.2) is 9.78 Å². The smallest absolute Gasteiger partial charge is 0.341 e. The largest absolute Gasteiger partial charge is 0.465 e. The van der Waals surface area contributed by atoms with Gasteiger partial charge in [0.25, 0.3) is 0 Å². The van der Waals surface area contributed by atoms with Gasteiger partial charge < -0.3 is 15.0 Å². The number of nitrogens with zero attached hydrogens (tertiary/aromatic N) is 2. The molecule has 21 heavy (non-hydrogen) atoms. The molecule has 1 N–H and O–H groups in total. The molecule has 1 aliphatic heterocycles. The van der Waals surface area contributed by atoms with Crippen molar-refractivity contribution in [3.63, 3.8) is 0 Å². The molecule has 2 rings (SSSR count). The van der Waals surface area contributed by atoms with Crippen LogP contribution in [0.2, 0.25) is 0 Å². The summed E-state index contributed by atoms with van der Waals surface area (Å²) >= 11 is 0. The quantitative estimate of drug-likeness (QED) is 0.842. The summed E-state index contributed by atoms with van der Waals surface area (Å²) in [5.41, 5.74) is 0.544. The Balaban J connectivity index is 2.23. The van der Waals surface area contributed by atoms with Crippen molar-refractivity contribution >= 4 is 11.8 Å². The van der Waals surface area contributed by atoms with Crippen molar-refractivity contribution in [1.29, 1.82) is 0 Å². The topological polar surface area (TPSA) is 54.5 Å². The fourth-order valence-corrected chi connectivity index (χ4v) is 2.78. The van der Waals surface area contributed by atoms with Crippen LogP contribution in [0.15, 0.2) is 18.3 Å². The maximum Gasteiger partial charge on any atom is 0.341 e. The third-order valence-electron chi connectivity index (χ3n) is 4.00. The van der Waals surface area contributed by atoms with Crippen LogP contribution in [-0.2, 0) is 4.74 Å². The van der Waals surface area contributed by atoms with Crippen molar-refractivity contribution in [2.45, 2.75) is 32.7 Å². The molecule has 0 aliphatic carbocycles. The van der Waals surface area contributed by atoms with Gasteiger partial charge in [0.2, 0.25) is 0 Å². The Morgan fingerprint density at radius 2 is 2.19 bits per heavy atom. The lowest BCUT2D eigenvalue weighted by molar-refractivity contribution is 0.0601. The molecule has 0 aromatic carbocycles. The van der Waals surface area contributed by atoms with E-state index in [0.29, 0.717) is 11.5 Å². The molecule has 0 bridgehead atoms. The zero-order valence-corrected chi connectivity index (χ0v) is 13.1. The van der Waals surface area contributed by atoms with Gasteiger partial charge in [0.15, 0.2) is 0 Å². The van der Waals surface area contributed by atoms with Crippen LogP contribution < -0.4 is 10.2 Å². The molecular weight excluding hydrogens is 266 g/mol. The number of esters is 1. The average molecular weight is 291 g/mol. The van der Waals surface area contributed by atoms with Crippen LogP contribution in [0, 0.1) is 5.92 Å². The Kier molecular flexibility index (Phi) is 5.56. The van der Waals surface area contributed by atoms with Crippen molar-refractivity contribution in [2.24, 2.45) is 5.92 Å². The number of carbonyl (C=O) groups excluding carboxylic acids is 1. The Hall–Kier alpha value is -1.62. The number of piperidine rings is 1. The van der Waals surface area contributed by atoms with Gasteiger partial charge in [-0.2, -0.15) is 0 Å². The summed E-state index contributed by atoms with van der Waals surface area (Å²) in [5.74, 6) is 1.05. The summed E-state index contributed by atoms with van der Waals surface area (Å²) in [4.78, 5) is 18.6. The normalized spacial score (nSPS) is 16.0. The first-order chi connectivity index (χ1) is 10.1. The lowest BCUT2D eigenvalue weighted by Crippen LogP contribution is -2.40. The molecule has 5 heteroatoms. The molecule has 0 spiro atoms. The van der Waals surface area contributed by atoms with Crippen molar-refractivity contribution in [2.75, 3.05) is 31.6 Å². The number of hydrogen-bond donors (Lipinski definition) is 1. The minimum atomic E-state index is -0.325. The first kappa shape index (κ1) is 15.8. The Morgan fingerprint density at radius 1 is 1.48 bits per heavy atom. The van der Waals surface area contributed by atoms with Crippen LogP contribution in [0.5, 0.6) is 0 Å². The zero-order valence-electron chi connectivity index (χ0n) is 13.1. The van der Waals surface area contributed by atoms with E-state index in [1.165, 1.54) is 20.0 Å². The van der Waals surface area contributed by atoms with E-state index in [-0.39, 0.29) is 12.0 Å². The molecule has 1 aromatic heterocycles. The highest BCUT2D eigenvalue weighted by molar-refractivity contribution is 5.94. The van der Waals surface area contributed by atoms with E-state index in [0.717, 1.165) is 25.5 Å². The molecule has 0 unspecified atom stereocenters. The Morgan fingerprint density at radius 3 is 2.81 bits per heavy atom. The van der Waals surface area contributed by atoms with Crippen LogP contribution in [0.4, 0.5) is 5.82 Å². The lowest BCUT2D eigenvalue weighted by Gasteiger charge is -2.34. The van der Waals surface area contributed by atoms with Gasteiger partial charge in [-0.05, 0) is 57.8 Å². The van der Waals surface area contributed by atoms with Gasteiger partial charge >= 0.3 is 5.97 Å². The molecule has 1 fully saturated rings. The third-order valence-corrected chi connectivity index (χ3v) is 4.00. The van der Waals surface area contributed by atoms with E-state index in [4.69, 9.17) is 4.74 Å². The number of anilines is 1. The van der Waals surface area contributed by atoms with Gasteiger partial charge in [0.05, 0.1) is 7.11 Å². The summed E-state index contributed by atoms with van der Waals surface area (Å²) in [6.07, 6.45) is 4.08. The minimum Gasteiger partial charge on any atom is -0.465 e. The van der Waals surface area contributed by atoms with E-state index in [9.17, 15) is 4.79 Å². The summed E-state index contributed by atoms with van der Waals surface area (Å²) < 4.78 is 4.88. The first-order valence-electron chi connectivity index (χ1n) is 7.64. The summed E-state index contributed by atoms with van der Waals surface area (Å²) in [6, 6.07) is 3.85. The number of pyridine rings is 1. The van der Waals surface area contributed by atoms with Crippen LogP contribution in [0.1, 0.15) is 37.0 Å². The van der Waals surface area contributed by atoms with Crippen LogP contribution in [-0.4, -0.2) is 43.7 Å². The molecule has 5 nitrogen and oxygen atoms in total. The lowest BCUT2D eigenvalue weighted by atomic mass is 9.97. The van der Waals surface area contributed by atoms with Gasteiger partial charge in [-0.15, -0.1) is 0 Å². The number of rotatable bonds is 5. The van der Waals surface area contributed by atoms with Crippen molar-refractivity contribution < 1.29 is 9.53 Å². The summed E-state index contributed by atoms with van der Waals surface area (Å²) in [6.45, 7) is 7.35. The molecule has 0 radical (unpaired) electrons. The molecule has 0 atom stereocenters. The second kappa shape index (κ2) is 7.41. The second-order valence-corrected chi connectivity index (χ2v) is 5.81. The number of hydrogen-bond acceptors (Lipinski definition) is 5. The third kappa shape index (κ3) is 3.94. The fourth-order valence-electron chi connectivity index (χ4n) is 2.78. The monoisotopic (exact) mass is 291 g/mol. The van der Waals surface area contributed by atoms with Crippen LogP contribution in [0.25, 0.3) is 0 Å². The number of ether oxygens (including phenoxy) is 1. The predicted octanol–water partition coefficient (Wildman–Crippen LogP) is 2.08. The van der Waals surface area contributed by atoms with Crippen molar-refractivity contribution in [3.8, 4) is 0 Å². The Labute approximate surface area is 126 Å². The Bertz CT molecular complexity index is 470. The van der Waals surface area contributed by atoms with Crippen molar-refractivity contribution in [3.05, 3.63) is 23.9 Å². The molecule has 0 amide bonds. The molecule has 1 saturated heterocycles. The van der Waals surface area contributed by atoms with Gasteiger partial charge in [0, 0.05) is 18.8 Å². The molecule has 2 heterocycles. The molecular formula is C16H25N3O2. The average Bonchev–Trinajstić information content (AvgIpc) is 2.52. The second-order valence-electron chi connectivity index (χ2n) is 5.81. The van der Waals surface area contributed by atoms with Gasteiger partial charge in [-0.1, -0.05) is 0 Å². The number of methoxy groups -OCH3 is 1. The number of nitrogens with one attached hydrogen (secondary N) is 1. The number of aromatic nitrogens is 1. The van der Waals surface area contributed by atoms with E-state index >= 15 is 0 Å².